The fourth-order valence-electron chi connectivity index (χ4n) is 1.24. The molecule has 1 aromatic rings. The van der Waals surface area contributed by atoms with Gasteiger partial charge in [0.25, 0.3) is 5.91 Å². The molecule has 4 nitrogen and oxygen atoms in total. The van der Waals surface area contributed by atoms with Gasteiger partial charge in [0.05, 0.1) is 0 Å². The molecule has 0 aliphatic rings. The maximum atomic E-state index is 13.3. The molecule has 0 atom stereocenters. The second kappa shape index (κ2) is 5.63. The van der Waals surface area contributed by atoms with Crippen molar-refractivity contribution in [3.8, 4) is 0 Å². The average molecular weight is 259 g/mol. The number of rotatable bonds is 3. The van der Waals surface area contributed by atoms with Crippen molar-refractivity contribution in [2.75, 3.05) is 25.3 Å². The summed E-state index contributed by atoms with van der Waals surface area (Å²) < 4.78 is 13.3. The third kappa shape index (κ3) is 3.71. The molecule has 0 heterocycles. The summed E-state index contributed by atoms with van der Waals surface area (Å²) in [6, 6.07) is 3.63. The number of carbonyl (C=O) groups is 2. The van der Waals surface area contributed by atoms with Crippen molar-refractivity contribution < 1.29 is 14.0 Å². The van der Waals surface area contributed by atoms with Crippen LogP contribution in [-0.2, 0) is 4.79 Å². The zero-order valence-electron chi connectivity index (χ0n) is 9.46. The molecule has 0 aliphatic heterocycles. The molecule has 17 heavy (non-hydrogen) atoms. The summed E-state index contributed by atoms with van der Waals surface area (Å²) in [5.74, 6) is -1.62. The fraction of sp³-hybridized carbons (Fsp3) is 0.273. The second-order valence-electron chi connectivity index (χ2n) is 3.61. The Hall–Kier alpha value is -1.62. The van der Waals surface area contributed by atoms with E-state index in [0.717, 1.165) is 12.1 Å². The lowest BCUT2D eigenvalue weighted by atomic mass is 10.1. The molecule has 0 aromatic heterocycles. The molecule has 1 rings (SSSR count). The minimum atomic E-state index is -0.595. The monoisotopic (exact) mass is 258 g/mol. The summed E-state index contributed by atoms with van der Waals surface area (Å²) in [6.45, 7) is 0. The first kappa shape index (κ1) is 13.4. The Labute approximate surface area is 103 Å². The van der Waals surface area contributed by atoms with Gasteiger partial charge < -0.3 is 10.2 Å². The van der Waals surface area contributed by atoms with Gasteiger partial charge in [0.15, 0.2) is 0 Å². The predicted molar refractivity (Wildman–Crippen MR) is 63.8 cm³/mol. The van der Waals surface area contributed by atoms with Crippen LogP contribution in [0, 0.1) is 5.82 Å². The van der Waals surface area contributed by atoms with Crippen LogP contribution in [0.5, 0.6) is 0 Å². The highest BCUT2D eigenvalue weighted by molar-refractivity contribution is 6.29. The van der Waals surface area contributed by atoms with Gasteiger partial charge in [-0.2, -0.15) is 0 Å². The van der Waals surface area contributed by atoms with Gasteiger partial charge in [-0.25, -0.2) is 4.39 Å². The number of hydrogen-bond donors (Lipinski definition) is 1. The number of amides is 2. The van der Waals surface area contributed by atoms with Crippen molar-refractivity contribution >= 4 is 29.1 Å². The number of benzene rings is 1. The zero-order valence-corrected chi connectivity index (χ0v) is 10.2. The number of anilines is 1. The highest BCUT2D eigenvalue weighted by atomic mass is 35.5. The Bertz CT molecular complexity index is 449. The van der Waals surface area contributed by atoms with E-state index in [4.69, 9.17) is 11.6 Å². The quantitative estimate of drug-likeness (QED) is 0.839. The first-order chi connectivity index (χ1) is 7.93. The van der Waals surface area contributed by atoms with Gasteiger partial charge in [0.1, 0.15) is 11.7 Å². The molecule has 6 heteroatoms. The van der Waals surface area contributed by atoms with Gasteiger partial charge in [0, 0.05) is 25.3 Å². The molecule has 0 unspecified atom stereocenters. The van der Waals surface area contributed by atoms with E-state index in [9.17, 15) is 14.0 Å². The Morgan fingerprint density at radius 2 is 2.00 bits per heavy atom. The minimum absolute atomic E-state index is 0.167. The Balaban J connectivity index is 3.02. The second-order valence-corrected chi connectivity index (χ2v) is 3.88. The molecule has 92 valence electrons. The van der Waals surface area contributed by atoms with Crippen LogP contribution >= 0.6 is 11.6 Å². The minimum Gasteiger partial charge on any atom is -0.345 e. The lowest BCUT2D eigenvalue weighted by Crippen LogP contribution is -2.22. The van der Waals surface area contributed by atoms with Crippen molar-refractivity contribution in [3.05, 3.63) is 29.6 Å². The van der Waals surface area contributed by atoms with Crippen LogP contribution in [0.3, 0.4) is 0 Å². The van der Waals surface area contributed by atoms with Gasteiger partial charge in [-0.15, -0.1) is 11.6 Å². The highest BCUT2D eigenvalue weighted by Gasteiger charge is 2.11. The van der Waals surface area contributed by atoms with Crippen LogP contribution in [0.2, 0.25) is 0 Å². The molecule has 0 saturated carbocycles. The van der Waals surface area contributed by atoms with Crippen molar-refractivity contribution in [2.24, 2.45) is 0 Å². The standard InChI is InChI=1S/C11H12ClFN2O2/c1-15(2)11(17)7-3-8(13)5-9(4-7)14-10(16)6-12/h3-5H,6H2,1-2H3,(H,14,16). The summed E-state index contributed by atoms with van der Waals surface area (Å²) in [6.07, 6.45) is 0. The van der Waals surface area contributed by atoms with Crippen LogP contribution in [-0.4, -0.2) is 36.7 Å². The number of halogens is 2. The Kier molecular flexibility index (Phi) is 4.45. The maximum absolute atomic E-state index is 13.3. The fourth-order valence-corrected chi connectivity index (χ4v) is 1.30. The third-order valence-corrected chi connectivity index (χ3v) is 2.20. The number of alkyl halides is 1. The molecule has 0 fully saturated rings. The van der Waals surface area contributed by atoms with E-state index < -0.39 is 11.7 Å². The molecular formula is C11H12ClFN2O2. The lowest BCUT2D eigenvalue weighted by Gasteiger charge is -2.11. The lowest BCUT2D eigenvalue weighted by molar-refractivity contribution is -0.113. The molecule has 0 bridgehead atoms. The van der Waals surface area contributed by atoms with Crippen molar-refractivity contribution in [1.29, 1.82) is 0 Å². The number of hydrogen-bond acceptors (Lipinski definition) is 2. The van der Waals surface area contributed by atoms with Gasteiger partial charge in [-0.3, -0.25) is 9.59 Å². The van der Waals surface area contributed by atoms with Crippen LogP contribution in [0.15, 0.2) is 18.2 Å². The van der Waals surface area contributed by atoms with Gasteiger partial charge in [-0.05, 0) is 18.2 Å². The summed E-state index contributed by atoms with van der Waals surface area (Å²) in [4.78, 5) is 24.0. The molecule has 0 saturated heterocycles. The maximum Gasteiger partial charge on any atom is 0.253 e. The van der Waals surface area contributed by atoms with Crippen LogP contribution in [0.4, 0.5) is 10.1 Å². The molecule has 1 N–H and O–H groups in total. The highest BCUT2D eigenvalue weighted by Crippen LogP contribution is 2.15. The summed E-state index contributed by atoms with van der Waals surface area (Å²) >= 11 is 5.31. The van der Waals surface area contributed by atoms with E-state index >= 15 is 0 Å². The van der Waals surface area contributed by atoms with Crippen molar-refractivity contribution in [1.82, 2.24) is 4.90 Å². The van der Waals surface area contributed by atoms with Gasteiger partial charge >= 0.3 is 0 Å². The smallest absolute Gasteiger partial charge is 0.253 e. The number of carbonyl (C=O) groups excluding carboxylic acids is 2. The van der Waals surface area contributed by atoms with Gasteiger partial charge in [-0.1, -0.05) is 0 Å². The van der Waals surface area contributed by atoms with Crippen molar-refractivity contribution in [3.63, 3.8) is 0 Å². The van der Waals surface area contributed by atoms with E-state index in [1.807, 2.05) is 0 Å². The first-order valence-electron chi connectivity index (χ1n) is 4.82. The molecular weight excluding hydrogens is 247 g/mol. The molecule has 0 spiro atoms. The van der Waals surface area contributed by atoms with Crippen LogP contribution < -0.4 is 5.32 Å². The normalized spacial score (nSPS) is 9.88. The zero-order chi connectivity index (χ0) is 13.0. The molecule has 1 aromatic carbocycles. The number of nitrogens with zero attached hydrogens (tertiary/aromatic N) is 1. The van der Waals surface area contributed by atoms with Crippen molar-refractivity contribution in [2.45, 2.75) is 0 Å². The van der Waals surface area contributed by atoms with E-state index in [0.29, 0.717) is 0 Å². The third-order valence-electron chi connectivity index (χ3n) is 1.96. The Morgan fingerprint density at radius 1 is 1.35 bits per heavy atom. The molecule has 0 aliphatic carbocycles. The average Bonchev–Trinajstić information content (AvgIpc) is 2.26. The number of nitrogens with one attached hydrogen (secondary N) is 1. The predicted octanol–water partition coefficient (Wildman–Crippen LogP) is 1.70. The van der Waals surface area contributed by atoms with Crippen LogP contribution in [0.25, 0.3) is 0 Å². The summed E-state index contributed by atoms with van der Waals surface area (Å²) in [7, 11) is 3.12. The van der Waals surface area contributed by atoms with E-state index in [-0.39, 0.29) is 23.0 Å². The van der Waals surface area contributed by atoms with Gasteiger partial charge in [0.2, 0.25) is 5.91 Å². The largest absolute Gasteiger partial charge is 0.345 e. The SMILES string of the molecule is CN(C)C(=O)c1cc(F)cc(NC(=O)CCl)c1. The summed E-state index contributed by atoms with van der Waals surface area (Å²) in [5.41, 5.74) is 0.376. The van der Waals surface area contributed by atoms with Crippen LogP contribution in [0.1, 0.15) is 10.4 Å². The Morgan fingerprint density at radius 3 is 2.53 bits per heavy atom. The van der Waals surface area contributed by atoms with E-state index in [1.54, 1.807) is 14.1 Å². The molecule has 2 amide bonds. The molecule has 0 radical (unpaired) electrons. The first-order valence-corrected chi connectivity index (χ1v) is 5.35. The summed E-state index contributed by atoms with van der Waals surface area (Å²) in [5, 5.41) is 2.38. The van der Waals surface area contributed by atoms with E-state index in [2.05, 4.69) is 5.32 Å². The van der Waals surface area contributed by atoms with E-state index in [1.165, 1.54) is 11.0 Å². The topological polar surface area (TPSA) is 49.4 Å².